The number of likely N-dealkylation sites (tertiary alicyclic amines) is 1. The number of aliphatic hydroxyl groups is 1. The van der Waals surface area contributed by atoms with Crippen molar-refractivity contribution in [1.82, 2.24) is 14.9 Å². The molecule has 6 nitrogen and oxygen atoms in total. The Kier molecular flexibility index (Phi) is 5.35. The number of halogens is 1. The van der Waals surface area contributed by atoms with Crippen molar-refractivity contribution in [2.45, 2.75) is 39.5 Å². The maximum Gasteiger partial charge on any atom is 0.254 e. The van der Waals surface area contributed by atoms with Crippen LogP contribution in [0, 0.1) is 32.1 Å². The fourth-order valence-electron chi connectivity index (χ4n) is 4.19. The van der Waals surface area contributed by atoms with Gasteiger partial charge in [-0.25, -0.2) is 9.37 Å². The number of carbonyl (C=O) groups is 1. The third kappa shape index (κ3) is 3.67. The number of nitrogens with one attached hydrogen (secondary N) is 1. The van der Waals surface area contributed by atoms with Gasteiger partial charge in [-0.3, -0.25) is 4.79 Å². The normalized spacial score (nSPS) is 15.7. The summed E-state index contributed by atoms with van der Waals surface area (Å²) in [4.78, 5) is 22.2. The summed E-state index contributed by atoms with van der Waals surface area (Å²) in [5.41, 5.74) is 3.96. The summed E-state index contributed by atoms with van der Waals surface area (Å²) in [5, 5.41) is 18.8. The number of alkyl halides is 1. The minimum absolute atomic E-state index is 0.0321. The molecule has 1 amide bonds. The standard InChI is InChI=1S/C25H25FN4O2/c1-14-9-15(2)21(10-20(14)22-16(3)28-23(29-22)17(4)31)24(32)30-12-25(26,13-30)19-7-5-18(11-27)6-8-19/h5-10,17,31H,12-13H2,1-4H3,(H,28,29). The van der Waals surface area contributed by atoms with E-state index in [0.717, 1.165) is 28.1 Å². The monoisotopic (exact) mass is 432 g/mol. The fourth-order valence-corrected chi connectivity index (χ4v) is 4.19. The predicted molar refractivity (Wildman–Crippen MR) is 119 cm³/mol. The number of aliphatic hydroxyl groups excluding tert-OH is 1. The van der Waals surface area contributed by atoms with E-state index in [4.69, 9.17) is 5.26 Å². The second kappa shape index (κ2) is 7.88. The summed E-state index contributed by atoms with van der Waals surface area (Å²) < 4.78 is 15.3. The zero-order valence-electron chi connectivity index (χ0n) is 18.5. The number of hydrogen-bond donors (Lipinski definition) is 2. The van der Waals surface area contributed by atoms with Crippen LogP contribution in [0.15, 0.2) is 36.4 Å². The van der Waals surface area contributed by atoms with Crippen LogP contribution in [0.4, 0.5) is 4.39 Å². The largest absolute Gasteiger partial charge is 0.385 e. The number of imidazole rings is 1. The van der Waals surface area contributed by atoms with Crippen molar-refractivity contribution in [3.63, 3.8) is 0 Å². The Morgan fingerprint density at radius 3 is 2.44 bits per heavy atom. The van der Waals surface area contributed by atoms with Crippen LogP contribution < -0.4 is 0 Å². The Morgan fingerprint density at radius 2 is 1.88 bits per heavy atom. The molecule has 1 saturated heterocycles. The van der Waals surface area contributed by atoms with Crippen molar-refractivity contribution in [2.24, 2.45) is 0 Å². The molecule has 1 aromatic heterocycles. The molecule has 0 aliphatic carbocycles. The Hall–Kier alpha value is -3.50. The molecule has 3 aromatic rings. The van der Waals surface area contributed by atoms with Gasteiger partial charge >= 0.3 is 0 Å². The van der Waals surface area contributed by atoms with E-state index in [1.807, 2.05) is 39.0 Å². The molecule has 7 heteroatoms. The summed E-state index contributed by atoms with van der Waals surface area (Å²) in [7, 11) is 0. The van der Waals surface area contributed by atoms with E-state index in [-0.39, 0.29) is 19.0 Å². The molecule has 1 aliphatic rings. The number of aromatic amines is 1. The Bertz CT molecular complexity index is 1230. The van der Waals surface area contributed by atoms with Crippen molar-refractivity contribution >= 4 is 5.91 Å². The lowest BCUT2D eigenvalue weighted by molar-refractivity contribution is -0.0231. The van der Waals surface area contributed by atoms with Crippen LogP contribution in [0.3, 0.4) is 0 Å². The lowest BCUT2D eigenvalue weighted by Crippen LogP contribution is -2.58. The zero-order valence-corrected chi connectivity index (χ0v) is 18.5. The Morgan fingerprint density at radius 1 is 1.22 bits per heavy atom. The molecule has 0 saturated carbocycles. The zero-order chi connectivity index (χ0) is 23.2. The number of aromatic nitrogens is 2. The van der Waals surface area contributed by atoms with Crippen LogP contribution in [-0.4, -0.2) is 39.0 Å². The van der Waals surface area contributed by atoms with Gasteiger partial charge in [-0.15, -0.1) is 0 Å². The van der Waals surface area contributed by atoms with Crippen LogP contribution in [0.5, 0.6) is 0 Å². The molecule has 0 spiro atoms. The second-order valence-corrected chi connectivity index (χ2v) is 8.56. The van der Waals surface area contributed by atoms with Gasteiger partial charge in [0, 0.05) is 11.1 Å². The van der Waals surface area contributed by atoms with Gasteiger partial charge in [-0.1, -0.05) is 18.2 Å². The maximum atomic E-state index is 15.3. The first kappa shape index (κ1) is 21.7. The molecule has 1 fully saturated rings. The van der Waals surface area contributed by atoms with Crippen LogP contribution in [-0.2, 0) is 5.67 Å². The van der Waals surface area contributed by atoms with E-state index in [0.29, 0.717) is 22.5 Å². The molecule has 164 valence electrons. The Labute approximate surface area is 186 Å². The number of hydrogen-bond acceptors (Lipinski definition) is 4. The van der Waals surface area contributed by atoms with E-state index in [1.165, 1.54) is 4.90 Å². The SMILES string of the molecule is Cc1cc(C)c(-c2[nH]c(C(C)O)nc2C)cc1C(=O)N1CC(F)(c2ccc(C#N)cc2)C1. The molecule has 2 aromatic carbocycles. The average Bonchev–Trinajstić information content (AvgIpc) is 3.13. The lowest BCUT2D eigenvalue weighted by Gasteiger charge is -2.45. The first-order valence-corrected chi connectivity index (χ1v) is 10.5. The molecule has 1 aliphatic heterocycles. The predicted octanol–water partition coefficient (Wildman–Crippen LogP) is 4.25. The number of aryl methyl sites for hydroxylation is 3. The third-order valence-corrected chi connectivity index (χ3v) is 6.07. The van der Waals surface area contributed by atoms with Crippen molar-refractivity contribution in [2.75, 3.05) is 13.1 Å². The smallest absolute Gasteiger partial charge is 0.254 e. The van der Waals surface area contributed by atoms with Crippen LogP contribution in [0.2, 0.25) is 0 Å². The van der Waals surface area contributed by atoms with E-state index >= 15 is 4.39 Å². The maximum absolute atomic E-state index is 15.3. The van der Waals surface area contributed by atoms with Gasteiger partial charge in [0.2, 0.25) is 0 Å². The van der Waals surface area contributed by atoms with Crippen LogP contribution in [0.25, 0.3) is 11.3 Å². The van der Waals surface area contributed by atoms with Crippen LogP contribution >= 0.6 is 0 Å². The summed E-state index contributed by atoms with van der Waals surface area (Å²) in [6.45, 7) is 7.25. The topological polar surface area (TPSA) is 93.0 Å². The van der Waals surface area contributed by atoms with E-state index < -0.39 is 11.8 Å². The summed E-state index contributed by atoms with van der Waals surface area (Å²) in [5.74, 6) is 0.247. The van der Waals surface area contributed by atoms with Gasteiger partial charge in [0.25, 0.3) is 5.91 Å². The molecule has 2 heterocycles. The van der Waals surface area contributed by atoms with Crippen molar-refractivity contribution in [3.05, 3.63) is 75.7 Å². The van der Waals surface area contributed by atoms with E-state index in [2.05, 4.69) is 9.97 Å². The quantitative estimate of drug-likeness (QED) is 0.645. The minimum atomic E-state index is -1.61. The molecule has 1 atom stereocenters. The highest BCUT2D eigenvalue weighted by molar-refractivity contribution is 5.98. The number of nitriles is 1. The van der Waals surface area contributed by atoms with Gasteiger partial charge in [-0.05, 0) is 62.6 Å². The lowest BCUT2D eigenvalue weighted by atomic mass is 9.86. The number of rotatable bonds is 4. The van der Waals surface area contributed by atoms with Gasteiger partial charge in [0.05, 0.1) is 36.1 Å². The van der Waals surface area contributed by atoms with Crippen molar-refractivity contribution in [3.8, 4) is 17.3 Å². The number of amides is 1. The molecular weight excluding hydrogens is 407 g/mol. The highest BCUT2D eigenvalue weighted by Gasteiger charge is 2.47. The van der Waals surface area contributed by atoms with Crippen molar-refractivity contribution in [1.29, 1.82) is 5.26 Å². The summed E-state index contributed by atoms with van der Waals surface area (Å²) >= 11 is 0. The number of benzene rings is 2. The summed E-state index contributed by atoms with van der Waals surface area (Å²) in [6.07, 6.45) is -0.727. The molecule has 0 radical (unpaired) electrons. The molecule has 4 rings (SSSR count). The molecule has 32 heavy (non-hydrogen) atoms. The molecule has 0 bridgehead atoms. The van der Waals surface area contributed by atoms with Gasteiger partial charge in [0.1, 0.15) is 11.9 Å². The second-order valence-electron chi connectivity index (χ2n) is 8.56. The van der Waals surface area contributed by atoms with E-state index in [9.17, 15) is 9.90 Å². The first-order chi connectivity index (χ1) is 15.1. The van der Waals surface area contributed by atoms with Gasteiger partial charge in [0.15, 0.2) is 5.67 Å². The first-order valence-electron chi connectivity index (χ1n) is 10.5. The van der Waals surface area contributed by atoms with E-state index in [1.54, 1.807) is 31.2 Å². The highest BCUT2D eigenvalue weighted by atomic mass is 19.1. The highest BCUT2D eigenvalue weighted by Crippen LogP contribution is 2.38. The third-order valence-electron chi connectivity index (χ3n) is 6.07. The van der Waals surface area contributed by atoms with Gasteiger partial charge < -0.3 is 15.0 Å². The van der Waals surface area contributed by atoms with Crippen LogP contribution in [0.1, 0.15) is 57.2 Å². The number of nitrogens with zero attached hydrogens (tertiary/aromatic N) is 3. The number of H-pyrrole nitrogens is 1. The number of carbonyl (C=O) groups excluding carboxylic acids is 1. The molecule has 2 N–H and O–H groups in total. The average molecular weight is 432 g/mol. The Balaban J connectivity index is 1.60. The van der Waals surface area contributed by atoms with Gasteiger partial charge in [-0.2, -0.15) is 5.26 Å². The minimum Gasteiger partial charge on any atom is -0.385 e. The fraction of sp³-hybridized carbons (Fsp3) is 0.320. The van der Waals surface area contributed by atoms with Crippen molar-refractivity contribution < 1.29 is 14.3 Å². The molecular formula is C25H25FN4O2. The summed E-state index contributed by atoms with van der Waals surface area (Å²) in [6, 6.07) is 12.2. The molecule has 1 unspecified atom stereocenters.